The molecule has 4 heterocycles. The topological polar surface area (TPSA) is 81.5 Å². The van der Waals surface area contributed by atoms with E-state index in [-0.39, 0.29) is 29.1 Å². The van der Waals surface area contributed by atoms with Crippen molar-refractivity contribution in [1.29, 1.82) is 0 Å². The Kier molecular flexibility index (Phi) is 7.64. The number of aryl methyl sites for hydroxylation is 1. The van der Waals surface area contributed by atoms with Gasteiger partial charge in [-0.3, -0.25) is 19.0 Å². The quantitative estimate of drug-likeness (QED) is 0.272. The van der Waals surface area contributed by atoms with Crippen LogP contribution in [0.4, 0.5) is 0 Å². The molecular weight excluding hydrogens is 466 g/mol. The van der Waals surface area contributed by atoms with Crippen molar-refractivity contribution in [1.82, 2.24) is 14.5 Å². The molecule has 0 bridgehead atoms. The first-order valence-electron chi connectivity index (χ1n) is 10.6. The van der Waals surface area contributed by atoms with E-state index in [0.29, 0.717) is 41.6 Å². The van der Waals surface area contributed by atoms with Crippen LogP contribution in [-0.4, -0.2) is 51.8 Å². The smallest absolute Gasteiger partial charge is 0.310 e. The number of carbonyl (C=O) groups is 2. The number of hydrogen-bond acceptors (Lipinski definition) is 8. The number of thiophene rings is 2. The summed E-state index contributed by atoms with van der Waals surface area (Å²) in [6.07, 6.45) is 2.27. The van der Waals surface area contributed by atoms with E-state index in [1.54, 1.807) is 27.7 Å². The van der Waals surface area contributed by atoms with Gasteiger partial charge in [0.25, 0.3) is 5.56 Å². The molecule has 0 N–H and O–H groups in total. The molecule has 1 aliphatic heterocycles. The molecule has 32 heavy (non-hydrogen) atoms. The van der Waals surface area contributed by atoms with Crippen LogP contribution in [0.2, 0.25) is 0 Å². The van der Waals surface area contributed by atoms with Gasteiger partial charge in [0.15, 0.2) is 5.16 Å². The van der Waals surface area contributed by atoms with Crippen molar-refractivity contribution in [3.8, 4) is 0 Å². The Morgan fingerprint density at radius 2 is 2.16 bits per heavy atom. The molecule has 170 valence electrons. The first-order chi connectivity index (χ1) is 15.6. The predicted octanol–water partition coefficient (Wildman–Crippen LogP) is 3.66. The molecule has 4 rings (SSSR count). The van der Waals surface area contributed by atoms with Gasteiger partial charge in [-0.05, 0) is 49.1 Å². The molecule has 3 aromatic heterocycles. The number of aromatic nitrogens is 2. The van der Waals surface area contributed by atoms with Gasteiger partial charge in [-0.2, -0.15) is 0 Å². The molecule has 10 heteroatoms. The third-order valence-corrected chi connectivity index (χ3v) is 8.20. The first-order valence-corrected chi connectivity index (χ1v) is 13.4. The number of nitrogens with zero attached hydrogens (tertiary/aromatic N) is 3. The number of hydrogen-bond donors (Lipinski definition) is 0. The first kappa shape index (κ1) is 23.0. The molecule has 0 aliphatic carbocycles. The highest BCUT2D eigenvalue weighted by atomic mass is 32.2. The van der Waals surface area contributed by atoms with E-state index in [4.69, 9.17) is 4.74 Å². The molecule has 0 aromatic carbocycles. The van der Waals surface area contributed by atoms with E-state index in [2.05, 4.69) is 11.1 Å². The van der Waals surface area contributed by atoms with Gasteiger partial charge in [0.1, 0.15) is 4.70 Å². The summed E-state index contributed by atoms with van der Waals surface area (Å²) in [5, 5.41) is 4.45. The van der Waals surface area contributed by atoms with Crippen LogP contribution in [0.5, 0.6) is 0 Å². The number of amides is 1. The molecule has 7 nitrogen and oxygen atoms in total. The second kappa shape index (κ2) is 10.6. The van der Waals surface area contributed by atoms with Crippen LogP contribution < -0.4 is 5.56 Å². The van der Waals surface area contributed by atoms with E-state index >= 15 is 0 Å². The Hall–Kier alpha value is -2.17. The molecule has 1 fully saturated rings. The number of ether oxygens (including phenoxy) is 1. The number of rotatable bonds is 8. The summed E-state index contributed by atoms with van der Waals surface area (Å²) in [4.78, 5) is 45.7. The molecule has 1 saturated heterocycles. The SMILES string of the molecule is CCOC(=O)C1CCCN(C(=O)CSc2nc3ccsc3c(=O)n2CCc2cccs2)C1. The third-order valence-electron chi connectivity index (χ3n) is 5.41. The Morgan fingerprint density at radius 1 is 1.28 bits per heavy atom. The Bertz CT molecular complexity index is 1140. The zero-order chi connectivity index (χ0) is 22.5. The average Bonchev–Trinajstić information content (AvgIpc) is 3.49. The summed E-state index contributed by atoms with van der Waals surface area (Å²) in [6, 6.07) is 5.89. The third kappa shape index (κ3) is 5.24. The summed E-state index contributed by atoms with van der Waals surface area (Å²) in [7, 11) is 0. The average molecular weight is 492 g/mol. The number of likely N-dealkylation sites (tertiary alicyclic amines) is 1. The lowest BCUT2D eigenvalue weighted by Crippen LogP contribution is -2.43. The molecule has 3 aromatic rings. The van der Waals surface area contributed by atoms with Gasteiger partial charge in [0, 0.05) is 24.5 Å². The summed E-state index contributed by atoms with van der Waals surface area (Å²) in [6.45, 7) is 3.68. The van der Waals surface area contributed by atoms with Crippen LogP contribution in [0, 0.1) is 5.92 Å². The van der Waals surface area contributed by atoms with Crippen LogP contribution in [0.25, 0.3) is 10.2 Å². The van der Waals surface area contributed by atoms with Crippen LogP contribution >= 0.6 is 34.4 Å². The lowest BCUT2D eigenvalue weighted by molar-refractivity contribution is -0.151. The fourth-order valence-corrected chi connectivity index (χ4v) is 6.19. The monoisotopic (exact) mass is 491 g/mol. The summed E-state index contributed by atoms with van der Waals surface area (Å²) in [5.74, 6) is -0.364. The Labute approximate surface area is 198 Å². The molecule has 0 spiro atoms. The fraction of sp³-hybridized carbons (Fsp3) is 0.455. The van der Waals surface area contributed by atoms with Gasteiger partial charge < -0.3 is 9.64 Å². The minimum Gasteiger partial charge on any atom is -0.466 e. The van der Waals surface area contributed by atoms with Crippen molar-refractivity contribution in [2.45, 2.75) is 37.9 Å². The van der Waals surface area contributed by atoms with Crippen molar-refractivity contribution in [3.63, 3.8) is 0 Å². The zero-order valence-electron chi connectivity index (χ0n) is 17.8. The van der Waals surface area contributed by atoms with E-state index < -0.39 is 0 Å². The molecular formula is C22H25N3O4S3. The van der Waals surface area contributed by atoms with Gasteiger partial charge in [-0.1, -0.05) is 17.8 Å². The number of piperidine rings is 1. The van der Waals surface area contributed by atoms with Crippen LogP contribution in [0.15, 0.2) is 38.9 Å². The zero-order valence-corrected chi connectivity index (χ0v) is 20.3. The van der Waals surface area contributed by atoms with Crippen LogP contribution in [-0.2, 0) is 27.3 Å². The summed E-state index contributed by atoms with van der Waals surface area (Å²) in [5.41, 5.74) is 0.611. The van der Waals surface area contributed by atoms with E-state index in [9.17, 15) is 14.4 Å². The normalized spacial score (nSPS) is 16.4. The summed E-state index contributed by atoms with van der Waals surface area (Å²) >= 11 is 4.35. The molecule has 1 amide bonds. The van der Waals surface area contributed by atoms with E-state index in [1.807, 2.05) is 22.9 Å². The predicted molar refractivity (Wildman–Crippen MR) is 129 cm³/mol. The molecule has 1 unspecified atom stereocenters. The van der Waals surface area contributed by atoms with E-state index in [0.717, 1.165) is 19.3 Å². The lowest BCUT2D eigenvalue weighted by atomic mass is 9.98. The maximum absolute atomic E-state index is 13.1. The Morgan fingerprint density at radius 3 is 2.94 bits per heavy atom. The van der Waals surface area contributed by atoms with Gasteiger partial charge in [-0.15, -0.1) is 22.7 Å². The van der Waals surface area contributed by atoms with Crippen molar-refractivity contribution >= 4 is 56.5 Å². The van der Waals surface area contributed by atoms with Gasteiger partial charge >= 0.3 is 5.97 Å². The number of esters is 1. The minimum absolute atomic E-state index is 0.0477. The maximum Gasteiger partial charge on any atom is 0.310 e. The fourth-order valence-electron chi connectivity index (χ4n) is 3.78. The van der Waals surface area contributed by atoms with Crippen LogP contribution in [0.1, 0.15) is 24.6 Å². The molecule has 0 radical (unpaired) electrons. The number of fused-ring (bicyclic) bond motifs is 1. The minimum atomic E-state index is -0.262. The highest BCUT2D eigenvalue weighted by Crippen LogP contribution is 2.24. The van der Waals surface area contributed by atoms with E-state index in [1.165, 1.54) is 28.0 Å². The molecule has 0 saturated carbocycles. The van der Waals surface area contributed by atoms with Gasteiger partial charge in [0.05, 0.1) is 23.8 Å². The van der Waals surface area contributed by atoms with Crippen LogP contribution in [0.3, 0.4) is 0 Å². The number of thioether (sulfide) groups is 1. The van der Waals surface area contributed by atoms with Crippen molar-refractivity contribution in [2.75, 3.05) is 25.4 Å². The molecule has 1 aliphatic rings. The standard InChI is InChI=1S/C22H25N3O4S3/c1-2-29-21(28)15-5-3-9-24(13-15)18(26)14-32-22-23-17-8-12-31-19(17)20(27)25(22)10-7-16-6-4-11-30-16/h4,6,8,11-12,15H,2-3,5,7,9-10,13-14H2,1H3. The second-order valence-electron chi connectivity index (χ2n) is 7.54. The summed E-state index contributed by atoms with van der Waals surface area (Å²) < 4.78 is 7.46. The van der Waals surface area contributed by atoms with Crippen molar-refractivity contribution in [3.05, 3.63) is 44.2 Å². The molecule has 1 atom stereocenters. The Balaban J connectivity index is 1.47. The highest BCUT2D eigenvalue weighted by Gasteiger charge is 2.29. The number of carbonyl (C=O) groups excluding carboxylic acids is 2. The van der Waals surface area contributed by atoms with Crippen molar-refractivity contribution in [2.24, 2.45) is 5.92 Å². The lowest BCUT2D eigenvalue weighted by Gasteiger charge is -2.31. The van der Waals surface area contributed by atoms with Crippen molar-refractivity contribution < 1.29 is 14.3 Å². The second-order valence-corrected chi connectivity index (χ2v) is 10.4. The maximum atomic E-state index is 13.1. The largest absolute Gasteiger partial charge is 0.466 e. The van der Waals surface area contributed by atoms with Gasteiger partial charge in [-0.25, -0.2) is 4.98 Å². The van der Waals surface area contributed by atoms with Gasteiger partial charge in [0.2, 0.25) is 5.91 Å². The highest BCUT2D eigenvalue weighted by molar-refractivity contribution is 7.99.